The van der Waals surface area contributed by atoms with Gasteiger partial charge >= 0.3 is 12.1 Å². The minimum absolute atomic E-state index is 0.0644. The predicted octanol–water partition coefficient (Wildman–Crippen LogP) is 4.30. The molecule has 160 valence electrons. The quantitative estimate of drug-likeness (QED) is 0.632. The zero-order valence-corrected chi connectivity index (χ0v) is 16.9. The first-order valence-electron chi connectivity index (χ1n) is 9.20. The summed E-state index contributed by atoms with van der Waals surface area (Å²) >= 11 is 1.96. The van der Waals surface area contributed by atoms with Crippen molar-refractivity contribution in [2.45, 2.75) is 50.1 Å². The van der Waals surface area contributed by atoms with Crippen molar-refractivity contribution in [1.29, 1.82) is 0 Å². The average Bonchev–Trinajstić information content (AvgIpc) is 3.32. The molecule has 1 heterocycles. The Balaban J connectivity index is 0.000000370. The molecule has 1 aromatic carbocycles. The van der Waals surface area contributed by atoms with Crippen molar-refractivity contribution in [3.05, 3.63) is 47.6 Å². The molecule has 1 saturated carbocycles. The zero-order chi connectivity index (χ0) is 21.3. The van der Waals surface area contributed by atoms with Gasteiger partial charge in [-0.15, -0.1) is 0 Å². The van der Waals surface area contributed by atoms with E-state index >= 15 is 0 Å². The van der Waals surface area contributed by atoms with E-state index in [-0.39, 0.29) is 5.54 Å². The fourth-order valence-corrected chi connectivity index (χ4v) is 3.90. The van der Waals surface area contributed by atoms with Gasteiger partial charge in [-0.2, -0.15) is 29.9 Å². The molecule has 2 N–H and O–H groups in total. The molecule has 0 bridgehead atoms. The summed E-state index contributed by atoms with van der Waals surface area (Å²) in [5.41, 5.74) is 1.32. The molecule has 0 spiro atoms. The number of rotatable bonds is 7. The number of alkyl halides is 3. The summed E-state index contributed by atoms with van der Waals surface area (Å²) < 4.78 is 36.9. The highest BCUT2D eigenvalue weighted by molar-refractivity contribution is 7.98. The highest BCUT2D eigenvalue weighted by Gasteiger charge is 2.39. The Morgan fingerprint density at radius 3 is 2.41 bits per heavy atom. The van der Waals surface area contributed by atoms with Crippen LogP contribution in [0.1, 0.15) is 43.0 Å². The van der Waals surface area contributed by atoms with Crippen molar-refractivity contribution in [2.75, 3.05) is 12.3 Å². The number of hydrogen-bond donors (Lipinski definition) is 2. The fraction of sp³-hybridized carbons (Fsp3) is 0.526. The lowest BCUT2D eigenvalue weighted by atomic mass is 9.97. The third-order valence-electron chi connectivity index (χ3n) is 4.48. The van der Waals surface area contributed by atoms with Crippen LogP contribution >= 0.6 is 11.8 Å². The van der Waals surface area contributed by atoms with E-state index in [0.717, 1.165) is 36.7 Å². The predicted molar refractivity (Wildman–Crippen MR) is 103 cm³/mol. The van der Waals surface area contributed by atoms with E-state index in [9.17, 15) is 13.2 Å². The Labute approximate surface area is 171 Å². The number of thioether (sulfide) groups is 1. The molecular formula is C19H24F3N3O3S. The van der Waals surface area contributed by atoms with Gasteiger partial charge in [0.15, 0.2) is 5.82 Å². The summed E-state index contributed by atoms with van der Waals surface area (Å²) in [7, 11) is 0. The molecule has 6 nitrogen and oxygen atoms in total. The molecular weight excluding hydrogens is 407 g/mol. The van der Waals surface area contributed by atoms with Crippen LogP contribution in [-0.2, 0) is 16.1 Å². The van der Waals surface area contributed by atoms with Gasteiger partial charge < -0.3 is 14.9 Å². The number of nitrogens with zero attached hydrogens (tertiary/aromatic N) is 2. The van der Waals surface area contributed by atoms with Crippen LogP contribution in [0.25, 0.3) is 0 Å². The van der Waals surface area contributed by atoms with Crippen molar-refractivity contribution in [3.8, 4) is 0 Å². The summed E-state index contributed by atoms with van der Waals surface area (Å²) in [5.74, 6) is 0.897. The lowest BCUT2D eigenvalue weighted by Gasteiger charge is -2.26. The average molecular weight is 431 g/mol. The number of aliphatic carboxylic acids is 1. The SMILES string of the molecule is Cc1nc(C2(NCCSCc3ccccc3)CCCC2)no1.O=C(O)C(F)(F)F. The molecule has 0 atom stereocenters. The summed E-state index contributed by atoms with van der Waals surface area (Å²) in [6.45, 7) is 2.83. The van der Waals surface area contributed by atoms with Gasteiger partial charge in [0.25, 0.3) is 0 Å². The fourth-order valence-electron chi connectivity index (χ4n) is 3.08. The number of hydrogen-bond acceptors (Lipinski definition) is 6. The van der Waals surface area contributed by atoms with Crippen LogP contribution in [0.15, 0.2) is 34.9 Å². The molecule has 0 aliphatic heterocycles. The summed E-state index contributed by atoms with van der Waals surface area (Å²) in [6, 6.07) is 10.6. The van der Waals surface area contributed by atoms with Gasteiger partial charge in [-0.05, 0) is 18.4 Å². The third-order valence-corrected chi connectivity index (χ3v) is 5.51. The second kappa shape index (κ2) is 10.6. The number of halogens is 3. The largest absolute Gasteiger partial charge is 0.490 e. The second-order valence-electron chi connectivity index (χ2n) is 6.69. The number of nitrogens with one attached hydrogen (secondary N) is 1. The maximum atomic E-state index is 10.6. The van der Waals surface area contributed by atoms with Gasteiger partial charge in [0.2, 0.25) is 5.89 Å². The molecule has 0 unspecified atom stereocenters. The molecule has 3 rings (SSSR count). The molecule has 1 aliphatic rings. The number of carboxylic acids is 1. The van der Waals surface area contributed by atoms with Crippen molar-refractivity contribution in [3.63, 3.8) is 0 Å². The van der Waals surface area contributed by atoms with E-state index < -0.39 is 12.1 Å². The number of benzene rings is 1. The van der Waals surface area contributed by atoms with Crippen LogP contribution in [0.5, 0.6) is 0 Å². The van der Waals surface area contributed by atoms with Crippen LogP contribution in [0.3, 0.4) is 0 Å². The van der Waals surface area contributed by atoms with E-state index in [1.54, 1.807) is 0 Å². The van der Waals surface area contributed by atoms with Gasteiger partial charge in [0, 0.05) is 25.0 Å². The minimum Gasteiger partial charge on any atom is -0.475 e. The Morgan fingerprint density at radius 1 is 1.28 bits per heavy atom. The van der Waals surface area contributed by atoms with Gasteiger partial charge in [-0.1, -0.05) is 48.3 Å². The Kier molecular flexibility index (Phi) is 8.51. The molecule has 10 heteroatoms. The Hall–Kier alpha value is -2.07. The van der Waals surface area contributed by atoms with Crippen LogP contribution in [-0.4, -0.2) is 39.7 Å². The van der Waals surface area contributed by atoms with E-state index in [1.165, 1.54) is 18.4 Å². The van der Waals surface area contributed by atoms with Gasteiger partial charge in [-0.25, -0.2) is 4.79 Å². The minimum atomic E-state index is -5.08. The number of carboxylic acid groups (broad SMARTS) is 1. The first-order valence-corrected chi connectivity index (χ1v) is 10.4. The first-order chi connectivity index (χ1) is 13.7. The lowest BCUT2D eigenvalue weighted by Crippen LogP contribution is -2.42. The van der Waals surface area contributed by atoms with Gasteiger partial charge in [-0.3, -0.25) is 0 Å². The molecule has 1 fully saturated rings. The topological polar surface area (TPSA) is 88.3 Å². The standard InChI is InChI=1S/C17H23N3OS.C2HF3O2/c1-14-19-16(20-21-14)17(9-5-6-10-17)18-11-12-22-13-15-7-3-2-4-8-15;3-2(4,5)1(6)7/h2-4,7-8,18H,5-6,9-13H2,1H3;(H,6,7). The van der Waals surface area contributed by atoms with Gasteiger partial charge in [0.1, 0.15) is 0 Å². The Bertz CT molecular complexity index is 763. The van der Waals surface area contributed by atoms with Crippen LogP contribution in [0.2, 0.25) is 0 Å². The smallest absolute Gasteiger partial charge is 0.475 e. The van der Waals surface area contributed by atoms with E-state index in [2.05, 4.69) is 45.8 Å². The summed E-state index contributed by atoms with van der Waals surface area (Å²) in [6.07, 6.45) is -0.403. The van der Waals surface area contributed by atoms with Crippen LogP contribution < -0.4 is 5.32 Å². The lowest BCUT2D eigenvalue weighted by molar-refractivity contribution is -0.192. The van der Waals surface area contributed by atoms with Crippen molar-refractivity contribution in [1.82, 2.24) is 15.5 Å². The summed E-state index contributed by atoms with van der Waals surface area (Å²) in [5, 5.41) is 15.0. The summed E-state index contributed by atoms with van der Waals surface area (Å²) in [4.78, 5) is 13.4. The maximum absolute atomic E-state index is 10.6. The normalized spacial score (nSPS) is 15.6. The first kappa shape index (κ1) is 23.2. The van der Waals surface area contributed by atoms with Crippen LogP contribution in [0.4, 0.5) is 13.2 Å². The van der Waals surface area contributed by atoms with E-state index in [0.29, 0.717) is 5.89 Å². The van der Waals surface area contributed by atoms with Crippen molar-refractivity contribution < 1.29 is 27.6 Å². The number of aromatic nitrogens is 2. The van der Waals surface area contributed by atoms with Crippen molar-refractivity contribution >= 4 is 17.7 Å². The monoisotopic (exact) mass is 431 g/mol. The number of carbonyl (C=O) groups is 1. The zero-order valence-electron chi connectivity index (χ0n) is 16.0. The molecule has 29 heavy (non-hydrogen) atoms. The second-order valence-corrected chi connectivity index (χ2v) is 7.80. The van der Waals surface area contributed by atoms with Crippen LogP contribution in [0, 0.1) is 6.92 Å². The maximum Gasteiger partial charge on any atom is 0.490 e. The molecule has 1 aromatic heterocycles. The highest BCUT2D eigenvalue weighted by Crippen LogP contribution is 2.37. The van der Waals surface area contributed by atoms with E-state index in [1.807, 2.05) is 18.7 Å². The third kappa shape index (κ3) is 7.36. The van der Waals surface area contributed by atoms with Crippen molar-refractivity contribution in [2.24, 2.45) is 0 Å². The Morgan fingerprint density at radius 2 is 1.90 bits per heavy atom. The molecule has 0 saturated heterocycles. The molecule has 2 aromatic rings. The highest BCUT2D eigenvalue weighted by atomic mass is 32.2. The van der Waals surface area contributed by atoms with Gasteiger partial charge in [0.05, 0.1) is 5.54 Å². The molecule has 0 radical (unpaired) electrons. The number of aryl methyl sites for hydroxylation is 1. The van der Waals surface area contributed by atoms with E-state index in [4.69, 9.17) is 14.4 Å². The molecule has 0 amide bonds. The molecule has 1 aliphatic carbocycles.